The number of fused-ring (bicyclic) bond motifs is 2. The van der Waals surface area contributed by atoms with E-state index in [9.17, 15) is 9.90 Å². The molecule has 0 spiro atoms. The molecule has 1 aromatic heterocycles. The molecule has 3 aliphatic rings. The van der Waals surface area contributed by atoms with Crippen LogP contribution < -0.4 is 14.5 Å². The number of aldehydes is 1. The molecule has 2 fully saturated rings. The van der Waals surface area contributed by atoms with Gasteiger partial charge in [0.2, 0.25) is 0 Å². The van der Waals surface area contributed by atoms with Gasteiger partial charge in [-0.3, -0.25) is 4.79 Å². The molecule has 40 heavy (non-hydrogen) atoms. The van der Waals surface area contributed by atoms with E-state index in [-0.39, 0.29) is 11.8 Å². The quantitative estimate of drug-likeness (QED) is 0.356. The minimum atomic E-state index is 0.214. The van der Waals surface area contributed by atoms with Gasteiger partial charge in [0.15, 0.2) is 0 Å². The van der Waals surface area contributed by atoms with E-state index in [1.165, 1.54) is 12.0 Å². The number of nitrogens with zero attached hydrogens (tertiary/aromatic N) is 6. The zero-order chi connectivity index (χ0) is 27.6. The van der Waals surface area contributed by atoms with Gasteiger partial charge >= 0.3 is 6.01 Å². The summed E-state index contributed by atoms with van der Waals surface area (Å²) in [5.74, 6) is 1.23. The van der Waals surface area contributed by atoms with Crippen molar-refractivity contribution in [1.82, 2.24) is 19.8 Å². The van der Waals surface area contributed by atoms with Crippen molar-refractivity contribution in [2.24, 2.45) is 0 Å². The Morgan fingerprint density at radius 1 is 1.12 bits per heavy atom. The first-order valence-electron chi connectivity index (χ1n) is 14.3. The van der Waals surface area contributed by atoms with Gasteiger partial charge in [0.05, 0.1) is 12.2 Å². The Morgan fingerprint density at radius 3 is 2.80 bits per heavy atom. The molecule has 210 valence electrons. The monoisotopic (exact) mass is 542 g/mol. The van der Waals surface area contributed by atoms with Crippen molar-refractivity contribution in [2.45, 2.75) is 44.8 Å². The van der Waals surface area contributed by atoms with Gasteiger partial charge in [0.25, 0.3) is 0 Å². The zero-order valence-electron chi connectivity index (χ0n) is 23.4. The van der Waals surface area contributed by atoms with Crippen molar-refractivity contribution in [3.63, 3.8) is 0 Å². The standard InChI is InChI=1S/C31H38N6O3/c1-22-19-35(12-6-16-38)14-15-37(22)30-27-10-13-36(29-18-25(39)17-23-7-3-4-9-26(23)29)20-28(27)32-31(33-30)40-21-24-8-5-11-34(24)2/h3-4,6-7,9,12,16-18,22,24,39H,5,8,10-11,13-15,19-21H2,1-2H3/t22-,24-/m0/s1. The summed E-state index contributed by atoms with van der Waals surface area (Å²) in [6, 6.07) is 12.9. The fraction of sp³-hybridized carbons (Fsp3) is 0.452. The first-order chi connectivity index (χ1) is 19.5. The number of rotatable bonds is 7. The molecule has 2 atom stereocenters. The lowest BCUT2D eigenvalue weighted by molar-refractivity contribution is -0.104. The van der Waals surface area contributed by atoms with Crippen LogP contribution in [0, 0.1) is 0 Å². The summed E-state index contributed by atoms with van der Waals surface area (Å²) in [7, 11) is 2.15. The van der Waals surface area contributed by atoms with E-state index in [2.05, 4.69) is 39.6 Å². The molecular weight excluding hydrogens is 504 g/mol. The van der Waals surface area contributed by atoms with E-state index in [1.54, 1.807) is 6.08 Å². The molecule has 0 amide bonds. The largest absolute Gasteiger partial charge is 0.508 e. The molecular formula is C31H38N6O3. The highest BCUT2D eigenvalue weighted by Gasteiger charge is 2.31. The van der Waals surface area contributed by atoms with Crippen LogP contribution in [0.25, 0.3) is 10.8 Å². The highest BCUT2D eigenvalue weighted by Crippen LogP contribution is 2.37. The van der Waals surface area contributed by atoms with Crippen LogP contribution in [0.4, 0.5) is 11.5 Å². The fourth-order valence-electron chi connectivity index (χ4n) is 6.39. The summed E-state index contributed by atoms with van der Waals surface area (Å²) in [6.07, 6.45) is 7.37. The van der Waals surface area contributed by atoms with E-state index in [4.69, 9.17) is 14.7 Å². The number of ether oxygens (including phenoxy) is 1. The van der Waals surface area contributed by atoms with Gasteiger partial charge in [-0.2, -0.15) is 9.97 Å². The highest BCUT2D eigenvalue weighted by atomic mass is 16.5. The smallest absolute Gasteiger partial charge is 0.318 e. The summed E-state index contributed by atoms with van der Waals surface area (Å²) in [5, 5.41) is 12.6. The second-order valence-electron chi connectivity index (χ2n) is 11.2. The Balaban J connectivity index is 1.32. The Kier molecular flexibility index (Phi) is 7.47. The molecule has 6 rings (SSSR count). The van der Waals surface area contributed by atoms with Gasteiger partial charge in [-0.15, -0.1) is 0 Å². The Labute approximate surface area is 235 Å². The van der Waals surface area contributed by atoms with Crippen LogP contribution >= 0.6 is 0 Å². The molecule has 3 aromatic rings. The zero-order valence-corrected chi connectivity index (χ0v) is 23.4. The lowest BCUT2D eigenvalue weighted by atomic mass is 10.0. The normalized spacial score (nSPS) is 21.8. The summed E-state index contributed by atoms with van der Waals surface area (Å²) in [6.45, 7) is 7.74. The molecule has 0 aliphatic carbocycles. The van der Waals surface area contributed by atoms with Crippen molar-refractivity contribution in [3.8, 4) is 11.8 Å². The second-order valence-corrected chi connectivity index (χ2v) is 11.2. The molecule has 2 saturated heterocycles. The van der Waals surface area contributed by atoms with Crippen molar-refractivity contribution >= 4 is 28.6 Å². The number of aromatic hydroxyl groups is 1. The van der Waals surface area contributed by atoms with Crippen LogP contribution in [-0.2, 0) is 17.8 Å². The van der Waals surface area contributed by atoms with Crippen LogP contribution in [0.15, 0.2) is 48.7 Å². The third-order valence-corrected chi connectivity index (χ3v) is 8.57. The summed E-state index contributed by atoms with van der Waals surface area (Å²) in [4.78, 5) is 30.0. The topological polar surface area (TPSA) is 85.3 Å². The second kappa shape index (κ2) is 11.3. The Morgan fingerprint density at radius 2 is 2.00 bits per heavy atom. The number of likely N-dealkylation sites (N-methyl/N-ethyl adjacent to an activating group) is 1. The molecule has 0 radical (unpaired) electrons. The van der Waals surface area contributed by atoms with Gasteiger partial charge in [-0.25, -0.2) is 0 Å². The van der Waals surface area contributed by atoms with Crippen molar-refractivity contribution in [2.75, 3.05) is 56.2 Å². The highest BCUT2D eigenvalue weighted by molar-refractivity contribution is 5.95. The van der Waals surface area contributed by atoms with Crippen molar-refractivity contribution < 1.29 is 14.6 Å². The van der Waals surface area contributed by atoms with E-state index in [0.29, 0.717) is 25.2 Å². The van der Waals surface area contributed by atoms with Crippen LogP contribution in [0.3, 0.4) is 0 Å². The van der Waals surface area contributed by atoms with Crippen molar-refractivity contribution in [3.05, 3.63) is 59.9 Å². The number of anilines is 2. The lowest BCUT2D eigenvalue weighted by Crippen LogP contribution is -2.51. The first-order valence-corrected chi connectivity index (χ1v) is 14.3. The van der Waals surface area contributed by atoms with E-state index in [0.717, 1.165) is 79.8 Å². The number of carbonyl (C=O) groups excluding carboxylic acids is 1. The summed E-state index contributed by atoms with van der Waals surface area (Å²) in [5.41, 5.74) is 3.17. The third-order valence-electron chi connectivity index (χ3n) is 8.57. The van der Waals surface area contributed by atoms with E-state index < -0.39 is 0 Å². The molecule has 1 N–H and O–H groups in total. The molecule has 3 aliphatic heterocycles. The number of aromatic nitrogens is 2. The maximum absolute atomic E-state index is 10.8. The number of benzene rings is 2. The number of piperazine rings is 1. The van der Waals surface area contributed by atoms with Gasteiger partial charge in [0, 0.05) is 67.2 Å². The van der Waals surface area contributed by atoms with Crippen LogP contribution in [0.1, 0.15) is 31.0 Å². The predicted molar refractivity (Wildman–Crippen MR) is 157 cm³/mol. The molecule has 0 bridgehead atoms. The number of allylic oxidation sites excluding steroid dienone is 1. The summed E-state index contributed by atoms with van der Waals surface area (Å²) >= 11 is 0. The molecule has 2 aromatic carbocycles. The average molecular weight is 543 g/mol. The Bertz CT molecular complexity index is 1410. The molecule has 0 unspecified atom stereocenters. The number of likely N-dealkylation sites (tertiary alicyclic amines) is 1. The summed E-state index contributed by atoms with van der Waals surface area (Å²) < 4.78 is 6.29. The predicted octanol–water partition coefficient (Wildman–Crippen LogP) is 3.59. The molecule has 0 saturated carbocycles. The maximum atomic E-state index is 10.8. The van der Waals surface area contributed by atoms with E-state index in [1.807, 2.05) is 36.5 Å². The number of phenolic OH excluding ortho intramolecular Hbond substituents is 1. The van der Waals surface area contributed by atoms with Crippen molar-refractivity contribution in [1.29, 1.82) is 0 Å². The molecule has 9 heteroatoms. The SMILES string of the molecule is C[C@H]1CN(C=CC=O)CCN1c1nc(OC[C@@H]2CCCN2C)nc2c1CCN(c1cc(O)cc3ccccc13)C2. The number of carbonyl (C=O) groups is 1. The van der Waals surface area contributed by atoms with Crippen LogP contribution in [-0.4, -0.2) is 89.6 Å². The number of hydrogen-bond donors (Lipinski definition) is 1. The van der Waals surface area contributed by atoms with Gasteiger partial charge in [-0.1, -0.05) is 24.3 Å². The Hall–Kier alpha value is -3.85. The van der Waals surface area contributed by atoms with Crippen LogP contribution in [0.5, 0.6) is 11.8 Å². The minimum absolute atomic E-state index is 0.214. The fourth-order valence-corrected chi connectivity index (χ4v) is 6.39. The van der Waals surface area contributed by atoms with Gasteiger partial charge in [0.1, 0.15) is 24.5 Å². The van der Waals surface area contributed by atoms with Gasteiger partial charge in [-0.05, 0) is 57.3 Å². The van der Waals surface area contributed by atoms with Crippen LogP contribution in [0.2, 0.25) is 0 Å². The van der Waals surface area contributed by atoms with E-state index >= 15 is 0 Å². The molecule has 4 heterocycles. The minimum Gasteiger partial charge on any atom is -0.508 e. The molecule has 9 nitrogen and oxygen atoms in total. The lowest BCUT2D eigenvalue weighted by Gasteiger charge is -2.42. The number of hydrogen-bond acceptors (Lipinski definition) is 9. The number of phenols is 1. The average Bonchev–Trinajstić information content (AvgIpc) is 3.38. The van der Waals surface area contributed by atoms with Gasteiger partial charge < -0.3 is 29.4 Å². The third kappa shape index (κ3) is 5.30. The first kappa shape index (κ1) is 26.4. The maximum Gasteiger partial charge on any atom is 0.318 e.